The van der Waals surface area contributed by atoms with Crippen molar-refractivity contribution >= 4 is 22.9 Å². The number of aromatic nitrogens is 4. The van der Waals surface area contributed by atoms with Crippen LogP contribution >= 0.6 is 11.8 Å². The van der Waals surface area contributed by atoms with Gasteiger partial charge in [-0.2, -0.15) is 0 Å². The Morgan fingerprint density at radius 2 is 1.93 bits per heavy atom. The number of hydrogen-bond acceptors (Lipinski definition) is 4. The van der Waals surface area contributed by atoms with Gasteiger partial charge in [-0.25, -0.2) is 15.0 Å². The third-order valence-electron chi connectivity index (χ3n) is 1.66. The van der Waals surface area contributed by atoms with Gasteiger partial charge in [-0.05, 0) is 6.26 Å². The molecule has 76 valence electrons. The molecule has 0 atom stereocenters. The Labute approximate surface area is 87.8 Å². The molecule has 2 aromatic heterocycles. The van der Waals surface area contributed by atoms with Gasteiger partial charge in [0, 0.05) is 7.05 Å². The van der Waals surface area contributed by atoms with Crippen molar-refractivity contribution in [3.8, 4) is 0 Å². The van der Waals surface area contributed by atoms with E-state index < -0.39 is 0 Å². The number of nitrogens with zero attached hydrogens (tertiary/aromatic N) is 4. The minimum atomic E-state index is 0.882. The Morgan fingerprint density at radius 3 is 2.57 bits per heavy atom. The first-order valence-corrected chi connectivity index (χ1v) is 5.71. The Hall–Kier alpha value is -1.10. The van der Waals surface area contributed by atoms with Crippen molar-refractivity contribution < 1.29 is 0 Å². The molecular weight excluding hydrogens is 196 g/mol. The first-order valence-electron chi connectivity index (χ1n) is 4.49. The molecule has 0 aliphatic rings. The van der Waals surface area contributed by atoms with Crippen molar-refractivity contribution in [2.45, 2.75) is 18.9 Å². The van der Waals surface area contributed by atoms with Crippen LogP contribution in [0.2, 0.25) is 0 Å². The molecule has 4 nitrogen and oxygen atoms in total. The number of imidazole rings is 1. The molecule has 2 rings (SSSR count). The van der Waals surface area contributed by atoms with Crippen molar-refractivity contribution in [1.82, 2.24) is 19.5 Å². The summed E-state index contributed by atoms with van der Waals surface area (Å²) in [6.07, 6.45) is 5.30. The summed E-state index contributed by atoms with van der Waals surface area (Å²) in [6, 6.07) is 0. The molecule has 0 aromatic carbocycles. The van der Waals surface area contributed by atoms with Crippen LogP contribution in [0.4, 0.5) is 0 Å². The maximum Gasteiger partial charge on any atom is 0.164 e. The summed E-state index contributed by atoms with van der Waals surface area (Å²) >= 11 is 1.58. The van der Waals surface area contributed by atoms with Gasteiger partial charge in [-0.3, -0.25) is 0 Å². The highest BCUT2D eigenvalue weighted by Gasteiger charge is 2.05. The first-order chi connectivity index (χ1) is 6.83. The smallest absolute Gasteiger partial charge is 0.164 e. The van der Waals surface area contributed by atoms with Crippen LogP contribution in [0.25, 0.3) is 11.2 Å². The van der Waals surface area contributed by atoms with Crippen LogP contribution in [-0.2, 0) is 7.05 Å². The molecule has 0 N–H and O–H groups in total. The standard InChI is InChI=1S/C7H8N4S.C2H6/c1-11-4-10-5-6(11)8-3-9-7(5)12-2;1-2/h3-4H,1-2H3;1-2H3. The fraction of sp³-hybridized carbons (Fsp3) is 0.444. The Morgan fingerprint density at radius 1 is 1.21 bits per heavy atom. The molecule has 0 unspecified atom stereocenters. The second-order valence-electron chi connectivity index (χ2n) is 2.41. The summed E-state index contributed by atoms with van der Waals surface area (Å²) in [5.41, 5.74) is 1.77. The average Bonchev–Trinajstić information content (AvgIpc) is 2.64. The molecule has 0 saturated carbocycles. The van der Waals surface area contributed by atoms with Crippen LogP contribution in [0.15, 0.2) is 17.7 Å². The van der Waals surface area contributed by atoms with E-state index in [0.29, 0.717) is 0 Å². The molecule has 0 spiro atoms. The third kappa shape index (κ3) is 1.87. The van der Waals surface area contributed by atoms with Gasteiger partial charge >= 0.3 is 0 Å². The molecule has 2 heterocycles. The average molecular weight is 210 g/mol. The number of rotatable bonds is 1. The van der Waals surface area contributed by atoms with E-state index >= 15 is 0 Å². The molecule has 0 aliphatic carbocycles. The Bertz CT molecular complexity index is 410. The largest absolute Gasteiger partial charge is 0.318 e. The van der Waals surface area contributed by atoms with Gasteiger partial charge in [-0.1, -0.05) is 13.8 Å². The topological polar surface area (TPSA) is 43.6 Å². The molecule has 2 aromatic rings. The van der Waals surface area contributed by atoms with Crippen LogP contribution in [0.5, 0.6) is 0 Å². The zero-order valence-corrected chi connectivity index (χ0v) is 9.67. The summed E-state index contributed by atoms with van der Waals surface area (Å²) < 4.78 is 1.89. The van der Waals surface area contributed by atoms with E-state index in [9.17, 15) is 0 Å². The van der Waals surface area contributed by atoms with Gasteiger partial charge in [0.2, 0.25) is 0 Å². The highest BCUT2D eigenvalue weighted by atomic mass is 32.2. The fourth-order valence-electron chi connectivity index (χ4n) is 1.07. The van der Waals surface area contributed by atoms with Crippen LogP contribution in [0.1, 0.15) is 13.8 Å². The van der Waals surface area contributed by atoms with Gasteiger partial charge in [0.15, 0.2) is 5.65 Å². The van der Waals surface area contributed by atoms with E-state index in [1.54, 1.807) is 24.4 Å². The van der Waals surface area contributed by atoms with Crippen molar-refractivity contribution in [1.29, 1.82) is 0 Å². The summed E-state index contributed by atoms with van der Waals surface area (Å²) in [7, 11) is 1.92. The van der Waals surface area contributed by atoms with Crippen LogP contribution in [-0.4, -0.2) is 25.8 Å². The minimum Gasteiger partial charge on any atom is -0.318 e. The fourth-order valence-corrected chi connectivity index (χ4v) is 1.56. The first kappa shape index (κ1) is 11.0. The molecule has 5 heteroatoms. The molecule has 0 radical (unpaired) electrons. The lowest BCUT2D eigenvalue weighted by Crippen LogP contribution is -1.89. The van der Waals surface area contributed by atoms with Crippen molar-refractivity contribution in [3.05, 3.63) is 12.7 Å². The second kappa shape index (κ2) is 4.95. The molecule has 0 bridgehead atoms. The predicted molar refractivity (Wildman–Crippen MR) is 59.4 cm³/mol. The quantitative estimate of drug-likeness (QED) is 0.534. The number of aryl methyl sites for hydroxylation is 1. The molecule has 0 fully saturated rings. The summed E-state index contributed by atoms with van der Waals surface area (Å²) in [6.45, 7) is 4.00. The van der Waals surface area contributed by atoms with Crippen molar-refractivity contribution in [2.24, 2.45) is 7.05 Å². The van der Waals surface area contributed by atoms with Crippen LogP contribution < -0.4 is 0 Å². The monoisotopic (exact) mass is 210 g/mol. The number of thioether (sulfide) groups is 1. The maximum absolute atomic E-state index is 4.21. The molecular formula is C9H14N4S. The molecule has 14 heavy (non-hydrogen) atoms. The second-order valence-corrected chi connectivity index (χ2v) is 3.21. The van der Waals surface area contributed by atoms with Gasteiger partial charge in [0.25, 0.3) is 0 Å². The maximum atomic E-state index is 4.21. The van der Waals surface area contributed by atoms with Crippen molar-refractivity contribution in [3.63, 3.8) is 0 Å². The van der Waals surface area contributed by atoms with E-state index in [4.69, 9.17) is 0 Å². The highest BCUT2D eigenvalue weighted by Crippen LogP contribution is 2.19. The highest BCUT2D eigenvalue weighted by molar-refractivity contribution is 7.98. The number of fused-ring (bicyclic) bond motifs is 1. The van der Waals surface area contributed by atoms with Gasteiger partial charge in [0.05, 0.1) is 6.33 Å². The predicted octanol–water partition coefficient (Wildman–Crippen LogP) is 2.11. The zero-order chi connectivity index (χ0) is 10.6. The van der Waals surface area contributed by atoms with E-state index in [0.717, 1.165) is 16.2 Å². The Kier molecular flexibility index (Phi) is 3.88. The zero-order valence-electron chi connectivity index (χ0n) is 8.85. The SMILES string of the molecule is CC.CSc1ncnc2c1ncn2C. The van der Waals surface area contributed by atoms with E-state index in [1.165, 1.54) is 0 Å². The lowest BCUT2D eigenvalue weighted by Gasteiger charge is -1.95. The van der Waals surface area contributed by atoms with Gasteiger partial charge in [0.1, 0.15) is 16.9 Å². The van der Waals surface area contributed by atoms with E-state index in [2.05, 4.69) is 15.0 Å². The van der Waals surface area contributed by atoms with Gasteiger partial charge < -0.3 is 4.57 Å². The van der Waals surface area contributed by atoms with E-state index in [-0.39, 0.29) is 0 Å². The third-order valence-corrected chi connectivity index (χ3v) is 2.34. The van der Waals surface area contributed by atoms with Crippen LogP contribution in [0, 0.1) is 0 Å². The van der Waals surface area contributed by atoms with Crippen LogP contribution in [0.3, 0.4) is 0 Å². The molecule has 0 saturated heterocycles. The lowest BCUT2D eigenvalue weighted by atomic mass is 10.5. The van der Waals surface area contributed by atoms with E-state index in [1.807, 2.05) is 31.7 Å². The number of hydrogen-bond donors (Lipinski definition) is 0. The van der Waals surface area contributed by atoms with Gasteiger partial charge in [-0.15, -0.1) is 11.8 Å². The normalized spacial score (nSPS) is 9.71. The molecule has 0 aliphatic heterocycles. The summed E-state index contributed by atoms with van der Waals surface area (Å²) in [4.78, 5) is 12.4. The minimum absolute atomic E-state index is 0.882. The Balaban J connectivity index is 0.000000461. The van der Waals surface area contributed by atoms with Crippen molar-refractivity contribution in [2.75, 3.05) is 6.26 Å². The lowest BCUT2D eigenvalue weighted by molar-refractivity contribution is 0.925. The molecule has 0 amide bonds. The summed E-state index contributed by atoms with van der Waals surface area (Å²) in [5.74, 6) is 0. The summed E-state index contributed by atoms with van der Waals surface area (Å²) in [5, 5.41) is 0.931.